The summed E-state index contributed by atoms with van der Waals surface area (Å²) in [6, 6.07) is 6.75. The van der Waals surface area contributed by atoms with Gasteiger partial charge in [0.2, 0.25) is 0 Å². The minimum absolute atomic E-state index is 0.0306. The van der Waals surface area contributed by atoms with E-state index in [1.54, 1.807) is 0 Å². The van der Waals surface area contributed by atoms with E-state index in [1.807, 2.05) is 0 Å². The van der Waals surface area contributed by atoms with Crippen molar-refractivity contribution in [2.75, 3.05) is 0 Å². The largest absolute Gasteiger partial charge is 0.478 e. The van der Waals surface area contributed by atoms with Crippen LogP contribution in [-0.4, -0.2) is 11.1 Å². The van der Waals surface area contributed by atoms with Crippen molar-refractivity contribution in [3.8, 4) is 11.1 Å². The Morgan fingerprint density at radius 1 is 1.00 bits per heavy atom. The second-order valence-electron chi connectivity index (χ2n) is 3.62. The molecule has 2 nitrogen and oxygen atoms in total. The monoisotopic (exact) mass is 268 g/mol. The zero-order chi connectivity index (χ0) is 13.3. The highest BCUT2D eigenvalue weighted by molar-refractivity contribution is 6.33. The lowest BCUT2D eigenvalue weighted by Gasteiger charge is -2.08. The highest BCUT2D eigenvalue weighted by Gasteiger charge is 2.15. The van der Waals surface area contributed by atoms with E-state index >= 15 is 0 Å². The SMILES string of the molecule is O=C(O)c1ccc(F)cc1-c1ccc(F)cc1Cl. The molecule has 2 rings (SSSR count). The van der Waals surface area contributed by atoms with Crippen molar-refractivity contribution in [2.24, 2.45) is 0 Å². The molecule has 5 heteroatoms. The topological polar surface area (TPSA) is 37.3 Å². The highest BCUT2D eigenvalue weighted by atomic mass is 35.5. The van der Waals surface area contributed by atoms with E-state index < -0.39 is 17.6 Å². The maximum atomic E-state index is 13.2. The normalized spacial score (nSPS) is 10.4. The summed E-state index contributed by atoms with van der Waals surface area (Å²) in [5, 5.41) is 9.05. The first-order valence-electron chi connectivity index (χ1n) is 4.97. The fraction of sp³-hybridized carbons (Fsp3) is 0. The molecule has 0 amide bonds. The maximum Gasteiger partial charge on any atom is 0.336 e. The summed E-state index contributed by atoms with van der Waals surface area (Å²) < 4.78 is 26.1. The summed E-state index contributed by atoms with van der Waals surface area (Å²) in [5.74, 6) is -2.34. The molecule has 0 aliphatic carbocycles. The molecule has 1 N–H and O–H groups in total. The van der Waals surface area contributed by atoms with E-state index in [9.17, 15) is 13.6 Å². The third kappa shape index (κ3) is 2.33. The molecule has 0 spiro atoms. The average Bonchev–Trinajstić information content (AvgIpc) is 2.28. The van der Waals surface area contributed by atoms with Crippen molar-refractivity contribution in [3.63, 3.8) is 0 Å². The first kappa shape index (κ1) is 12.5. The molecule has 2 aromatic carbocycles. The fourth-order valence-corrected chi connectivity index (χ4v) is 1.90. The van der Waals surface area contributed by atoms with E-state index in [2.05, 4.69) is 0 Å². The minimum Gasteiger partial charge on any atom is -0.478 e. The van der Waals surface area contributed by atoms with Crippen LogP contribution in [0.4, 0.5) is 8.78 Å². The van der Waals surface area contributed by atoms with Gasteiger partial charge in [-0.15, -0.1) is 0 Å². The van der Waals surface area contributed by atoms with Crippen molar-refractivity contribution < 1.29 is 18.7 Å². The molecule has 0 aromatic heterocycles. The van der Waals surface area contributed by atoms with Gasteiger partial charge in [0.25, 0.3) is 0 Å². The van der Waals surface area contributed by atoms with Gasteiger partial charge in [0.1, 0.15) is 11.6 Å². The zero-order valence-electron chi connectivity index (χ0n) is 8.95. The highest BCUT2D eigenvalue weighted by Crippen LogP contribution is 2.31. The number of carboxylic acids is 1. The van der Waals surface area contributed by atoms with Crippen LogP contribution in [0.15, 0.2) is 36.4 Å². The zero-order valence-corrected chi connectivity index (χ0v) is 9.71. The third-order valence-electron chi connectivity index (χ3n) is 2.43. The summed E-state index contributed by atoms with van der Waals surface area (Å²) >= 11 is 5.84. The standard InChI is InChI=1S/C13H7ClF2O2/c14-12-6-8(16)1-3-9(12)11-5-7(15)2-4-10(11)13(17)18/h1-6H,(H,17,18). The minimum atomic E-state index is -1.20. The molecule has 0 radical (unpaired) electrons. The molecule has 18 heavy (non-hydrogen) atoms. The molecule has 0 heterocycles. The van der Waals surface area contributed by atoms with E-state index in [0.29, 0.717) is 0 Å². The Bertz CT molecular complexity index is 626. The molecule has 0 saturated heterocycles. The van der Waals surface area contributed by atoms with Crippen molar-refractivity contribution in [1.29, 1.82) is 0 Å². The van der Waals surface area contributed by atoms with Crippen LogP contribution in [0.25, 0.3) is 11.1 Å². The predicted molar refractivity (Wildman–Crippen MR) is 63.8 cm³/mol. The summed E-state index contributed by atoms with van der Waals surface area (Å²) in [6.07, 6.45) is 0. The van der Waals surface area contributed by atoms with E-state index in [-0.39, 0.29) is 21.7 Å². The second-order valence-corrected chi connectivity index (χ2v) is 4.03. The van der Waals surface area contributed by atoms with Crippen LogP contribution in [-0.2, 0) is 0 Å². The van der Waals surface area contributed by atoms with Crippen LogP contribution in [0.5, 0.6) is 0 Å². The van der Waals surface area contributed by atoms with Crippen molar-refractivity contribution in [1.82, 2.24) is 0 Å². The first-order valence-corrected chi connectivity index (χ1v) is 5.35. The molecule has 0 fully saturated rings. The number of aromatic carboxylic acids is 1. The van der Waals surface area contributed by atoms with E-state index in [4.69, 9.17) is 16.7 Å². The van der Waals surface area contributed by atoms with Crippen molar-refractivity contribution >= 4 is 17.6 Å². The second kappa shape index (κ2) is 4.74. The van der Waals surface area contributed by atoms with Gasteiger partial charge in [-0.25, -0.2) is 13.6 Å². The van der Waals surface area contributed by atoms with Gasteiger partial charge < -0.3 is 5.11 Å². The molecular weight excluding hydrogens is 262 g/mol. The van der Waals surface area contributed by atoms with Gasteiger partial charge in [-0.05, 0) is 36.4 Å². The van der Waals surface area contributed by atoms with Crippen LogP contribution in [0.2, 0.25) is 5.02 Å². The summed E-state index contributed by atoms with van der Waals surface area (Å²) in [5.41, 5.74) is 0.298. The van der Waals surface area contributed by atoms with Crippen molar-refractivity contribution in [2.45, 2.75) is 0 Å². The Morgan fingerprint density at radius 2 is 1.61 bits per heavy atom. The van der Waals surface area contributed by atoms with Crippen LogP contribution < -0.4 is 0 Å². The number of hydrogen-bond acceptors (Lipinski definition) is 1. The smallest absolute Gasteiger partial charge is 0.336 e. The first-order chi connectivity index (χ1) is 8.49. The summed E-state index contributed by atoms with van der Waals surface area (Å²) in [6.45, 7) is 0. The van der Waals surface area contributed by atoms with Gasteiger partial charge in [0.15, 0.2) is 0 Å². The van der Waals surface area contributed by atoms with Crippen LogP contribution in [0, 0.1) is 11.6 Å². The van der Waals surface area contributed by atoms with Crippen LogP contribution in [0.1, 0.15) is 10.4 Å². The Hall–Kier alpha value is -1.94. The summed E-state index contributed by atoms with van der Waals surface area (Å²) in [7, 11) is 0. The van der Waals surface area contributed by atoms with Gasteiger partial charge in [0.05, 0.1) is 10.6 Å². The maximum absolute atomic E-state index is 13.2. The molecule has 0 bridgehead atoms. The lowest BCUT2D eigenvalue weighted by atomic mass is 9.99. The molecular formula is C13H7ClF2O2. The molecule has 0 saturated carbocycles. The van der Waals surface area contributed by atoms with Crippen LogP contribution >= 0.6 is 11.6 Å². The number of rotatable bonds is 2. The number of carboxylic acid groups (broad SMARTS) is 1. The fourth-order valence-electron chi connectivity index (χ4n) is 1.63. The number of benzene rings is 2. The lowest BCUT2D eigenvalue weighted by Crippen LogP contribution is -2.00. The predicted octanol–water partition coefficient (Wildman–Crippen LogP) is 3.98. The molecule has 0 aliphatic heterocycles. The summed E-state index contributed by atoms with van der Waals surface area (Å²) in [4.78, 5) is 11.0. The number of hydrogen-bond donors (Lipinski definition) is 1. The van der Waals surface area contributed by atoms with Gasteiger partial charge >= 0.3 is 5.97 Å². The van der Waals surface area contributed by atoms with Crippen LogP contribution in [0.3, 0.4) is 0 Å². The molecule has 92 valence electrons. The van der Waals surface area contributed by atoms with Gasteiger partial charge in [-0.1, -0.05) is 11.6 Å². The van der Waals surface area contributed by atoms with Gasteiger partial charge in [-0.3, -0.25) is 0 Å². The molecule has 2 aromatic rings. The molecule has 0 aliphatic rings. The molecule has 0 atom stereocenters. The third-order valence-corrected chi connectivity index (χ3v) is 2.75. The van der Waals surface area contributed by atoms with Crippen molar-refractivity contribution in [3.05, 3.63) is 58.6 Å². The van der Waals surface area contributed by atoms with Gasteiger partial charge in [0, 0.05) is 11.1 Å². The Kier molecular flexibility index (Phi) is 3.30. The quantitative estimate of drug-likeness (QED) is 0.894. The van der Waals surface area contributed by atoms with E-state index in [1.165, 1.54) is 6.07 Å². The Balaban J connectivity index is 2.69. The van der Waals surface area contributed by atoms with E-state index in [0.717, 1.165) is 30.3 Å². The number of carbonyl (C=O) groups is 1. The van der Waals surface area contributed by atoms with Gasteiger partial charge in [-0.2, -0.15) is 0 Å². The number of halogens is 3. The average molecular weight is 269 g/mol. The lowest BCUT2D eigenvalue weighted by molar-refractivity contribution is 0.0697. The Morgan fingerprint density at radius 3 is 2.22 bits per heavy atom. The Labute approximate surface area is 106 Å². The molecule has 0 unspecified atom stereocenters.